The van der Waals surface area contributed by atoms with E-state index in [9.17, 15) is 0 Å². The fourth-order valence-electron chi connectivity index (χ4n) is 5.98. The summed E-state index contributed by atoms with van der Waals surface area (Å²) in [4.78, 5) is 16.3. The van der Waals surface area contributed by atoms with Crippen molar-refractivity contribution in [1.82, 2.24) is 24.3 Å². The van der Waals surface area contributed by atoms with E-state index in [4.69, 9.17) is 0 Å². The van der Waals surface area contributed by atoms with Crippen LogP contribution in [0, 0.1) is 0 Å². The first-order valence-corrected chi connectivity index (χ1v) is 33.8. The number of aryl methyl sites for hydroxylation is 1. The van der Waals surface area contributed by atoms with Gasteiger partial charge in [-0.25, -0.2) is 4.98 Å². The van der Waals surface area contributed by atoms with Crippen molar-refractivity contribution in [2.45, 2.75) is 148 Å². The topological polar surface area (TPSA) is 39.9 Å². The molecule has 0 saturated heterocycles. The molecule has 0 spiro atoms. The molecule has 0 saturated carbocycles. The third-order valence-electron chi connectivity index (χ3n) is 8.74. The van der Waals surface area contributed by atoms with Crippen LogP contribution in [-0.2, 0) is 6.54 Å². The zero-order valence-corrected chi connectivity index (χ0v) is 37.1. The summed E-state index contributed by atoms with van der Waals surface area (Å²) < 4.78 is 2.20. The van der Waals surface area contributed by atoms with E-state index in [-0.39, 0.29) is 0 Å². The summed E-state index contributed by atoms with van der Waals surface area (Å²) in [6.07, 6.45) is 16.0. The summed E-state index contributed by atoms with van der Waals surface area (Å²) in [5, 5.41) is 0. The van der Waals surface area contributed by atoms with Crippen LogP contribution in [0.5, 0.6) is 0 Å². The molecule has 0 N–H and O–H groups in total. The van der Waals surface area contributed by atoms with Crippen molar-refractivity contribution in [2.24, 2.45) is 4.99 Å². The van der Waals surface area contributed by atoms with Crippen LogP contribution in [0.4, 0.5) is 0 Å². The highest BCUT2D eigenvalue weighted by Crippen LogP contribution is 2.16. The molecule has 6 nitrogen and oxygen atoms in total. The second kappa shape index (κ2) is 22.2. The molecule has 1 aromatic heterocycles. The summed E-state index contributed by atoms with van der Waals surface area (Å²) in [6.45, 7) is 42.0. The van der Waals surface area contributed by atoms with Gasteiger partial charge in [-0.1, -0.05) is 103 Å². The molecule has 270 valence electrons. The summed E-state index contributed by atoms with van der Waals surface area (Å²) in [7, 11) is -3.55. The van der Waals surface area contributed by atoms with E-state index in [2.05, 4.69) is 114 Å². The van der Waals surface area contributed by atoms with E-state index in [1.807, 2.05) is 18.9 Å². The highest BCUT2D eigenvalue weighted by atomic mass is 28.3. The lowest BCUT2D eigenvalue weighted by atomic mass is 10.3. The van der Waals surface area contributed by atoms with E-state index in [0.717, 1.165) is 19.6 Å². The summed E-state index contributed by atoms with van der Waals surface area (Å²) in [5.74, 6) is 0. The van der Waals surface area contributed by atoms with Gasteiger partial charge >= 0.3 is 0 Å². The lowest BCUT2D eigenvalue weighted by molar-refractivity contribution is 0.261. The Morgan fingerprint density at radius 1 is 0.543 bits per heavy atom. The van der Waals surface area contributed by atoms with Gasteiger partial charge in [0.1, 0.15) is 0 Å². The van der Waals surface area contributed by atoms with Gasteiger partial charge in [-0.2, -0.15) is 0 Å². The van der Waals surface area contributed by atoms with Crippen LogP contribution in [0.1, 0.15) is 38.5 Å². The van der Waals surface area contributed by atoms with E-state index in [0.29, 0.717) is 0 Å². The van der Waals surface area contributed by atoms with Crippen molar-refractivity contribution in [3.8, 4) is 0 Å². The Bertz CT molecular complexity index is 858. The van der Waals surface area contributed by atoms with E-state index < -0.39 is 32.3 Å². The van der Waals surface area contributed by atoms with Gasteiger partial charge in [0.25, 0.3) is 0 Å². The minimum absolute atomic E-state index is 0.883. The van der Waals surface area contributed by atoms with E-state index in [1.54, 1.807) is 0 Å². The molecule has 1 aliphatic rings. The van der Waals surface area contributed by atoms with Crippen molar-refractivity contribution in [2.75, 3.05) is 58.9 Å². The molecule has 2 rings (SSSR count). The SMILES string of the molecule is C[Si](C)(C)CCCN(CCCN1C=NCC1)CCC[Si](C)(C)C.C[Si](C)(C)CCCN(CCCn1ccnc1)CCC[Si](C)(C)C. The van der Waals surface area contributed by atoms with Gasteiger partial charge in [-0.3, -0.25) is 4.99 Å². The molecule has 2 heterocycles. The first-order chi connectivity index (χ1) is 21.3. The molecule has 0 aliphatic carbocycles. The molecule has 0 radical (unpaired) electrons. The molecule has 0 unspecified atom stereocenters. The van der Waals surface area contributed by atoms with Gasteiger partial charge in [0, 0.05) is 64.3 Å². The fraction of sp³-hybridized carbons (Fsp3) is 0.889. The molecule has 1 aromatic rings. The second-order valence-electron chi connectivity index (χ2n) is 18.9. The zero-order valence-electron chi connectivity index (χ0n) is 33.1. The van der Waals surface area contributed by atoms with Gasteiger partial charge in [-0.05, 0) is 77.8 Å². The molecule has 46 heavy (non-hydrogen) atoms. The van der Waals surface area contributed by atoms with Crippen molar-refractivity contribution in [3.05, 3.63) is 18.7 Å². The number of hydrogen-bond acceptors (Lipinski definition) is 5. The van der Waals surface area contributed by atoms with E-state index >= 15 is 0 Å². The standard InChI is InChI=1S/C18H41N3Si2.C18H39N3Si2/c2*1-22(2,3)16-8-13-20(14-9-17-23(4,5)6)11-7-12-21-15-10-19-18-21/h18H,7-17H2,1-6H3;10,15,18H,7-9,11-14,16-17H2,1-6H3. The number of aliphatic imine (C=N–C) groups is 1. The van der Waals surface area contributed by atoms with E-state index in [1.165, 1.54) is 109 Å². The Labute approximate surface area is 292 Å². The van der Waals surface area contributed by atoms with Crippen molar-refractivity contribution in [1.29, 1.82) is 0 Å². The first kappa shape index (κ1) is 43.5. The molecule has 0 atom stereocenters. The quantitative estimate of drug-likeness (QED) is 0.100. The molecular weight excluding hydrogens is 629 g/mol. The number of rotatable bonds is 24. The first-order valence-electron chi connectivity index (χ1n) is 19.0. The van der Waals surface area contributed by atoms with Crippen LogP contribution in [0.2, 0.25) is 103 Å². The van der Waals surface area contributed by atoms with Crippen LogP contribution in [0.3, 0.4) is 0 Å². The minimum atomic E-state index is -0.892. The lowest BCUT2D eigenvalue weighted by Crippen LogP contribution is -2.32. The zero-order chi connectivity index (χ0) is 34.7. The molecule has 1 aliphatic heterocycles. The Morgan fingerprint density at radius 2 is 0.935 bits per heavy atom. The Balaban J connectivity index is 0.000000460. The molecule has 10 heteroatoms. The summed E-state index contributed by atoms with van der Waals surface area (Å²) >= 11 is 0. The van der Waals surface area contributed by atoms with Crippen LogP contribution in [-0.4, -0.2) is 122 Å². The highest BCUT2D eigenvalue weighted by molar-refractivity contribution is 6.77. The average Bonchev–Trinajstić information content (AvgIpc) is 3.60. The Morgan fingerprint density at radius 3 is 1.26 bits per heavy atom. The molecule has 0 fully saturated rings. The highest BCUT2D eigenvalue weighted by Gasteiger charge is 2.17. The second-order valence-corrected chi connectivity index (χ2v) is 41.4. The smallest absolute Gasteiger partial charge is 0.0945 e. The van der Waals surface area contributed by atoms with Crippen molar-refractivity contribution >= 4 is 38.6 Å². The third-order valence-corrected chi connectivity index (χ3v) is 16.1. The lowest BCUT2D eigenvalue weighted by Gasteiger charge is -2.26. The molecule has 0 bridgehead atoms. The number of hydrogen-bond donors (Lipinski definition) is 0. The summed E-state index contributed by atoms with van der Waals surface area (Å²) in [5.41, 5.74) is 0. The maximum atomic E-state index is 4.31. The average molecular weight is 709 g/mol. The van der Waals surface area contributed by atoms with Gasteiger partial charge < -0.3 is 19.3 Å². The van der Waals surface area contributed by atoms with Crippen molar-refractivity contribution in [3.63, 3.8) is 0 Å². The largest absolute Gasteiger partial charge is 0.361 e. The molecule has 0 aromatic carbocycles. The maximum Gasteiger partial charge on any atom is 0.0945 e. The monoisotopic (exact) mass is 709 g/mol. The van der Waals surface area contributed by atoms with Gasteiger partial charge in [-0.15, -0.1) is 0 Å². The normalized spacial score (nSPS) is 14.4. The fourth-order valence-corrected chi connectivity index (χ4v) is 10.9. The summed E-state index contributed by atoms with van der Waals surface area (Å²) in [6, 6.07) is 5.85. The van der Waals surface area contributed by atoms with Gasteiger partial charge in [0.05, 0.1) is 19.2 Å². The van der Waals surface area contributed by atoms with Crippen LogP contribution >= 0.6 is 0 Å². The predicted octanol–water partition coefficient (Wildman–Crippen LogP) is 9.51. The minimum Gasteiger partial charge on any atom is -0.361 e. The number of aromatic nitrogens is 2. The van der Waals surface area contributed by atoms with Crippen molar-refractivity contribution < 1.29 is 0 Å². The van der Waals surface area contributed by atoms with Gasteiger partial charge in [0.2, 0.25) is 0 Å². The van der Waals surface area contributed by atoms with Gasteiger partial charge in [0.15, 0.2) is 0 Å². The maximum absolute atomic E-state index is 4.31. The Hall–Kier alpha value is -0.532. The molecular formula is C36H80N6Si4. The Kier molecular flexibility index (Phi) is 21.0. The predicted molar refractivity (Wildman–Crippen MR) is 220 cm³/mol. The van der Waals surface area contributed by atoms with Crippen LogP contribution in [0.15, 0.2) is 23.7 Å². The van der Waals surface area contributed by atoms with Crippen LogP contribution in [0.25, 0.3) is 0 Å². The molecule has 0 amide bonds. The number of imidazole rings is 1. The third kappa shape index (κ3) is 27.4. The van der Waals surface area contributed by atoms with Crippen LogP contribution < -0.4 is 0 Å². The number of nitrogens with zero attached hydrogens (tertiary/aromatic N) is 6.